The maximum absolute atomic E-state index is 12.6. The van der Waals surface area contributed by atoms with E-state index in [1.807, 2.05) is 0 Å². The Labute approximate surface area is 177 Å². The van der Waals surface area contributed by atoms with Crippen LogP contribution in [0.4, 0.5) is 5.69 Å². The number of hydrogen-bond donors (Lipinski definition) is 3. The molecule has 2 amide bonds. The number of rotatable bonds is 6. The molecule has 3 N–H and O–H groups in total. The topological polar surface area (TPSA) is 99.1 Å². The fourth-order valence-corrected chi connectivity index (χ4v) is 3.90. The molecule has 0 bridgehead atoms. The van der Waals surface area contributed by atoms with E-state index in [-0.39, 0.29) is 36.3 Å². The first-order valence-corrected chi connectivity index (χ1v) is 9.81. The van der Waals surface area contributed by atoms with Crippen LogP contribution >= 0.6 is 24.0 Å². The molecule has 0 aromatic heterocycles. The minimum absolute atomic E-state index is 0.0740. The number of thiocarbonyl (C=S) groups is 1. The van der Waals surface area contributed by atoms with Gasteiger partial charge in [-0.25, -0.2) is 0 Å². The smallest absolute Gasteiger partial charge is 0.266 e. The summed E-state index contributed by atoms with van der Waals surface area (Å²) in [4.78, 5) is 26.5. The van der Waals surface area contributed by atoms with Crippen LogP contribution in [0.3, 0.4) is 0 Å². The zero-order chi connectivity index (χ0) is 21.0. The van der Waals surface area contributed by atoms with Gasteiger partial charge in [-0.1, -0.05) is 24.0 Å². The number of carbonyl (C=O) groups excluding carboxylic acids is 2. The summed E-state index contributed by atoms with van der Waals surface area (Å²) in [6.07, 6.45) is 1.59. The molecule has 29 heavy (non-hydrogen) atoms. The van der Waals surface area contributed by atoms with Crippen molar-refractivity contribution in [3.05, 3.63) is 52.9 Å². The van der Waals surface area contributed by atoms with E-state index in [4.69, 9.17) is 17.0 Å². The van der Waals surface area contributed by atoms with Crippen molar-refractivity contribution in [1.29, 1.82) is 0 Å². The molecule has 2 aromatic rings. The molecular formula is C20H18N2O5S2. The highest BCUT2D eigenvalue weighted by molar-refractivity contribution is 8.26. The van der Waals surface area contributed by atoms with E-state index in [9.17, 15) is 19.8 Å². The highest BCUT2D eigenvalue weighted by atomic mass is 32.2. The molecule has 7 nitrogen and oxygen atoms in total. The Hall–Kier alpha value is -3.04. The number of amides is 2. The van der Waals surface area contributed by atoms with Crippen LogP contribution in [0.5, 0.6) is 17.2 Å². The number of anilines is 1. The van der Waals surface area contributed by atoms with Gasteiger partial charge in [0, 0.05) is 30.3 Å². The van der Waals surface area contributed by atoms with Gasteiger partial charge in [-0.3, -0.25) is 14.5 Å². The Kier molecular flexibility index (Phi) is 6.40. The van der Waals surface area contributed by atoms with Gasteiger partial charge in [-0.15, -0.1) is 0 Å². The number of thioether (sulfide) groups is 1. The quantitative estimate of drug-likeness (QED) is 0.477. The molecule has 2 aromatic carbocycles. The molecule has 0 radical (unpaired) electrons. The molecule has 1 fully saturated rings. The lowest BCUT2D eigenvalue weighted by atomic mass is 10.1. The lowest BCUT2D eigenvalue weighted by molar-refractivity contribution is -0.122. The second-order valence-electron chi connectivity index (χ2n) is 6.10. The molecule has 9 heteroatoms. The van der Waals surface area contributed by atoms with E-state index in [1.54, 1.807) is 31.4 Å². The van der Waals surface area contributed by atoms with E-state index in [0.717, 1.165) is 11.8 Å². The van der Waals surface area contributed by atoms with Gasteiger partial charge in [0.15, 0.2) is 0 Å². The number of ether oxygens (including phenoxy) is 1. The third kappa shape index (κ3) is 5.07. The predicted octanol–water partition coefficient (Wildman–Crippen LogP) is 3.34. The molecule has 1 aliphatic heterocycles. The maximum Gasteiger partial charge on any atom is 0.266 e. The van der Waals surface area contributed by atoms with Gasteiger partial charge in [0.1, 0.15) is 21.6 Å². The van der Waals surface area contributed by atoms with Crippen molar-refractivity contribution in [1.82, 2.24) is 4.90 Å². The van der Waals surface area contributed by atoms with Crippen molar-refractivity contribution in [3.8, 4) is 17.2 Å². The van der Waals surface area contributed by atoms with Crippen molar-refractivity contribution >= 4 is 51.9 Å². The molecule has 1 aliphatic rings. The molecule has 0 atom stereocenters. The summed E-state index contributed by atoms with van der Waals surface area (Å²) in [5.41, 5.74) is 1.02. The van der Waals surface area contributed by atoms with E-state index >= 15 is 0 Å². The summed E-state index contributed by atoms with van der Waals surface area (Å²) in [7, 11) is 1.56. The van der Waals surface area contributed by atoms with Gasteiger partial charge in [0.25, 0.3) is 5.91 Å². The van der Waals surface area contributed by atoms with Crippen LogP contribution in [-0.2, 0) is 9.59 Å². The van der Waals surface area contributed by atoms with E-state index in [1.165, 1.54) is 29.2 Å². The monoisotopic (exact) mass is 430 g/mol. The summed E-state index contributed by atoms with van der Waals surface area (Å²) < 4.78 is 5.42. The number of benzene rings is 2. The van der Waals surface area contributed by atoms with Crippen molar-refractivity contribution in [2.45, 2.75) is 6.42 Å². The molecule has 0 saturated carbocycles. The van der Waals surface area contributed by atoms with E-state index < -0.39 is 0 Å². The number of methoxy groups -OCH3 is 1. The van der Waals surface area contributed by atoms with Crippen molar-refractivity contribution in [3.63, 3.8) is 0 Å². The summed E-state index contributed by atoms with van der Waals surface area (Å²) in [5.74, 6) is -0.106. The van der Waals surface area contributed by atoms with Crippen LogP contribution in [0.1, 0.15) is 12.0 Å². The summed E-state index contributed by atoms with van der Waals surface area (Å²) >= 11 is 6.35. The number of phenolic OH excluding ortho intramolecular Hbond substituents is 2. The Morgan fingerprint density at radius 1 is 1.24 bits per heavy atom. The fraction of sp³-hybridized carbons (Fsp3) is 0.150. The molecule has 0 unspecified atom stereocenters. The summed E-state index contributed by atoms with van der Waals surface area (Å²) in [6, 6.07) is 11.0. The van der Waals surface area contributed by atoms with Crippen molar-refractivity contribution < 1.29 is 24.5 Å². The number of phenols is 2. The van der Waals surface area contributed by atoms with E-state index in [2.05, 4.69) is 5.32 Å². The standard InChI is InChI=1S/C20H18N2O5S2/c1-27-15-6-3-13(4-7-15)21-18(25)8-9-22-19(26)17(29-20(22)28)10-12-2-5-14(23)11-16(12)24/h2-7,10-11,23-24H,8-9H2,1H3,(H,21,25)/b17-10-. The summed E-state index contributed by atoms with van der Waals surface area (Å²) in [6.45, 7) is 0.144. The van der Waals surface area contributed by atoms with E-state index in [0.29, 0.717) is 26.2 Å². The van der Waals surface area contributed by atoms with Gasteiger partial charge in [0.05, 0.1) is 12.0 Å². The molecule has 1 heterocycles. The van der Waals surface area contributed by atoms with Crippen LogP contribution in [0.25, 0.3) is 6.08 Å². The lowest BCUT2D eigenvalue weighted by Crippen LogP contribution is -2.31. The first-order valence-electron chi connectivity index (χ1n) is 8.58. The minimum atomic E-state index is -0.329. The third-order valence-corrected chi connectivity index (χ3v) is 5.49. The largest absolute Gasteiger partial charge is 0.508 e. The fourth-order valence-electron chi connectivity index (χ4n) is 2.60. The Morgan fingerprint density at radius 2 is 1.97 bits per heavy atom. The predicted molar refractivity (Wildman–Crippen MR) is 116 cm³/mol. The summed E-state index contributed by atoms with van der Waals surface area (Å²) in [5, 5.41) is 22.0. The van der Waals surface area contributed by atoms with Crippen LogP contribution in [0.15, 0.2) is 47.4 Å². The Balaban J connectivity index is 1.61. The van der Waals surface area contributed by atoms with Gasteiger partial charge < -0.3 is 20.3 Å². The second-order valence-corrected chi connectivity index (χ2v) is 7.78. The molecule has 150 valence electrons. The number of carbonyl (C=O) groups is 2. The SMILES string of the molecule is COc1ccc(NC(=O)CCN2C(=O)/C(=C/c3ccc(O)cc3O)SC2=S)cc1. The van der Waals surface area contributed by atoms with Crippen molar-refractivity contribution in [2.75, 3.05) is 19.0 Å². The number of aromatic hydroxyl groups is 2. The highest BCUT2D eigenvalue weighted by Crippen LogP contribution is 2.34. The highest BCUT2D eigenvalue weighted by Gasteiger charge is 2.32. The Morgan fingerprint density at radius 3 is 2.62 bits per heavy atom. The van der Waals surface area contributed by atoms with Crippen LogP contribution < -0.4 is 10.1 Å². The Bertz CT molecular complexity index is 989. The average Bonchev–Trinajstić information content (AvgIpc) is 2.96. The van der Waals surface area contributed by atoms with Gasteiger partial charge in [-0.05, 0) is 42.5 Å². The van der Waals surface area contributed by atoms with Crippen LogP contribution in [-0.4, -0.2) is 44.9 Å². The van der Waals surface area contributed by atoms with Gasteiger partial charge in [-0.2, -0.15) is 0 Å². The molecule has 1 saturated heterocycles. The minimum Gasteiger partial charge on any atom is -0.508 e. The first-order chi connectivity index (χ1) is 13.9. The molecule has 0 aliphatic carbocycles. The zero-order valence-electron chi connectivity index (χ0n) is 15.4. The number of hydrogen-bond acceptors (Lipinski definition) is 7. The van der Waals surface area contributed by atoms with Crippen LogP contribution in [0, 0.1) is 0 Å². The molecule has 0 spiro atoms. The normalized spacial score (nSPS) is 15.1. The number of nitrogens with zero attached hydrogens (tertiary/aromatic N) is 1. The first kappa shape index (κ1) is 20.7. The maximum atomic E-state index is 12.6. The average molecular weight is 431 g/mol. The third-order valence-electron chi connectivity index (χ3n) is 4.11. The van der Waals surface area contributed by atoms with Crippen molar-refractivity contribution in [2.24, 2.45) is 0 Å². The van der Waals surface area contributed by atoms with Crippen LogP contribution in [0.2, 0.25) is 0 Å². The molecular weight excluding hydrogens is 412 g/mol. The lowest BCUT2D eigenvalue weighted by Gasteiger charge is -2.14. The zero-order valence-corrected chi connectivity index (χ0v) is 17.0. The van der Waals surface area contributed by atoms with Gasteiger partial charge >= 0.3 is 0 Å². The second kappa shape index (κ2) is 8.97. The number of nitrogens with one attached hydrogen (secondary N) is 1. The van der Waals surface area contributed by atoms with Gasteiger partial charge in [0.2, 0.25) is 5.91 Å². The molecule has 3 rings (SSSR count).